The molecule has 5 nitrogen and oxygen atoms in total. The molecule has 1 aliphatic heterocycles. The van der Waals surface area contributed by atoms with Crippen molar-refractivity contribution in [1.82, 2.24) is 14.9 Å². The summed E-state index contributed by atoms with van der Waals surface area (Å²) in [5, 5.41) is 11.4. The van der Waals surface area contributed by atoms with Gasteiger partial charge in [0.2, 0.25) is 11.1 Å². The zero-order valence-corrected chi connectivity index (χ0v) is 13.4. The van der Waals surface area contributed by atoms with Crippen molar-refractivity contribution in [2.75, 3.05) is 10.8 Å². The second-order valence-electron chi connectivity index (χ2n) is 4.81. The number of fused-ring (bicyclic) bond motifs is 1. The predicted molar refractivity (Wildman–Crippen MR) is 83.2 cm³/mol. The molecule has 2 heterocycles. The Bertz CT molecular complexity index is 670. The minimum absolute atomic E-state index is 0.0399. The number of nitrogens with zero attached hydrogens (tertiary/aromatic N) is 4. The molecule has 1 aromatic carbocycles. The molecular formula is C14H15ClN4OS. The van der Waals surface area contributed by atoms with Crippen LogP contribution in [-0.4, -0.2) is 26.5 Å². The molecule has 21 heavy (non-hydrogen) atoms. The Morgan fingerprint density at radius 1 is 1.38 bits per heavy atom. The Morgan fingerprint density at radius 2 is 2.10 bits per heavy atom. The van der Waals surface area contributed by atoms with Crippen molar-refractivity contribution in [2.45, 2.75) is 31.5 Å². The van der Waals surface area contributed by atoms with Gasteiger partial charge < -0.3 is 0 Å². The molecule has 0 saturated heterocycles. The maximum Gasteiger partial charge on any atom is 0.241 e. The fourth-order valence-electron chi connectivity index (χ4n) is 2.41. The van der Waals surface area contributed by atoms with Crippen LogP contribution in [0.3, 0.4) is 0 Å². The normalized spacial score (nSPS) is 17.7. The van der Waals surface area contributed by atoms with Crippen molar-refractivity contribution in [3.8, 4) is 0 Å². The highest BCUT2D eigenvalue weighted by atomic mass is 35.5. The average Bonchev–Trinajstić information content (AvgIpc) is 2.88. The Kier molecular flexibility index (Phi) is 3.91. The van der Waals surface area contributed by atoms with Gasteiger partial charge in [-0.2, -0.15) is 0 Å². The second-order valence-corrected chi connectivity index (χ2v) is 6.24. The van der Waals surface area contributed by atoms with E-state index >= 15 is 0 Å². The van der Waals surface area contributed by atoms with Gasteiger partial charge >= 0.3 is 0 Å². The lowest BCUT2D eigenvalue weighted by atomic mass is 10.1. The van der Waals surface area contributed by atoms with E-state index in [1.54, 1.807) is 16.8 Å². The first-order valence-electron chi connectivity index (χ1n) is 6.74. The highest BCUT2D eigenvalue weighted by Gasteiger charge is 2.34. The molecule has 110 valence electrons. The summed E-state index contributed by atoms with van der Waals surface area (Å²) in [4.78, 5) is 12.4. The number of thioether (sulfide) groups is 1. The van der Waals surface area contributed by atoms with E-state index in [-0.39, 0.29) is 11.9 Å². The lowest BCUT2D eigenvalue weighted by Gasteiger charge is -2.36. The molecule has 3 rings (SSSR count). The van der Waals surface area contributed by atoms with E-state index in [9.17, 15) is 4.79 Å². The monoisotopic (exact) mass is 322 g/mol. The van der Waals surface area contributed by atoms with E-state index in [4.69, 9.17) is 11.6 Å². The highest BCUT2D eigenvalue weighted by molar-refractivity contribution is 7.99. The zero-order valence-electron chi connectivity index (χ0n) is 11.8. The SMILES string of the molecule is CCC(=O)N1[C@H](c2ccc(Cl)cc2)CSc2nnc(C)n21. The summed E-state index contributed by atoms with van der Waals surface area (Å²) in [5.41, 5.74) is 1.06. The summed E-state index contributed by atoms with van der Waals surface area (Å²) in [7, 11) is 0. The minimum Gasteiger partial charge on any atom is -0.273 e. The number of hydrogen-bond donors (Lipinski definition) is 0. The van der Waals surface area contributed by atoms with Gasteiger partial charge in [-0.15, -0.1) is 10.2 Å². The van der Waals surface area contributed by atoms with Crippen LogP contribution in [0.5, 0.6) is 0 Å². The van der Waals surface area contributed by atoms with E-state index < -0.39 is 0 Å². The lowest BCUT2D eigenvalue weighted by molar-refractivity contribution is -0.120. The van der Waals surface area contributed by atoms with E-state index in [0.29, 0.717) is 11.4 Å². The average molecular weight is 323 g/mol. The summed E-state index contributed by atoms with van der Waals surface area (Å²) in [6.07, 6.45) is 0.436. The number of hydrogen-bond acceptors (Lipinski definition) is 4. The van der Waals surface area contributed by atoms with Crippen LogP contribution in [0.2, 0.25) is 5.02 Å². The van der Waals surface area contributed by atoms with Crippen molar-refractivity contribution in [3.63, 3.8) is 0 Å². The molecule has 2 aromatic rings. The van der Waals surface area contributed by atoms with Crippen molar-refractivity contribution in [2.24, 2.45) is 0 Å². The van der Waals surface area contributed by atoms with Crippen molar-refractivity contribution in [3.05, 3.63) is 40.7 Å². The number of aromatic nitrogens is 3. The van der Waals surface area contributed by atoms with Gasteiger partial charge in [0.1, 0.15) is 0 Å². The summed E-state index contributed by atoms with van der Waals surface area (Å²) in [6.45, 7) is 3.72. The molecule has 1 aromatic heterocycles. The van der Waals surface area contributed by atoms with Crippen LogP contribution in [-0.2, 0) is 4.79 Å². The third kappa shape index (κ3) is 2.53. The first kappa shape index (κ1) is 14.4. The number of carbonyl (C=O) groups is 1. The molecule has 0 saturated carbocycles. The van der Waals surface area contributed by atoms with E-state index in [1.165, 1.54) is 0 Å². The fourth-order valence-corrected chi connectivity index (χ4v) is 3.62. The van der Waals surface area contributed by atoms with Gasteiger partial charge in [0, 0.05) is 17.2 Å². The molecule has 7 heteroatoms. The van der Waals surface area contributed by atoms with Gasteiger partial charge in [-0.25, -0.2) is 9.69 Å². The lowest BCUT2D eigenvalue weighted by Crippen LogP contribution is -2.47. The molecule has 0 spiro atoms. The van der Waals surface area contributed by atoms with Crippen LogP contribution in [0.15, 0.2) is 29.4 Å². The second kappa shape index (κ2) is 5.69. The third-order valence-corrected chi connectivity index (χ3v) is 4.71. The first-order valence-corrected chi connectivity index (χ1v) is 8.10. The van der Waals surface area contributed by atoms with Crippen LogP contribution >= 0.6 is 23.4 Å². The minimum atomic E-state index is -0.0399. The molecule has 0 radical (unpaired) electrons. The maximum atomic E-state index is 12.4. The molecule has 0 N–H and O–H groups in total. The quantitative estimate of drug-likeness (QED) is 0.853. The van der Waals surface area contributed by atoms with Crippen molar-refractivity contribution < 1.29 is 4.79 Å². The van der Waals surface area contributed by atoms with E-state index in [2.05, 4.69) is 10.2 Å². The van der Waals surface area contributed by atoms with E-state index in [1.807, 2.05) is 42.8 Å². The third-order valence-electron chi connectivity index (χ3n) is 3.46. The van der Waals surface area contributed by atoms with Gasteiger partial charge in [0.15, 0.2) is 5.82 Å². The number of benzene rings is 1. The zero-order chi connectivity index (χ0) is 15.0. The molecule has 0 unspecified atom stereocenters. The molecular weight excluding hydrogens is 308 g/mol. The summed E-state index contributed by atoms with van der Waals surface area (Å²) < 4.78 is 1.82. The Labute approximate surface area is 132 Å². The van der Waals surface area contributed by atoms with Gasteiger partial charge in [-0.3, -0.25) is 4.79 Å². The van der Waals surface area contributed by atoms with Crippen LogP contribution < -0.4 is 5.01 Å². The Morgan fingerprint density at radius 3 is 2.76 bits per heavy atom. The van der Waals surface area contributed by atoms with Crippen molar-refractivity contribution in [1.29, 1.82) is 0 Å². The summed E-state index contributed by atoms with van der Waals surface area (Å²) in [5.74, 6) is 1.53. The van der Waals surface area contributed by atoms with Crippen LogP contribution in [0.4, 0.5) is 0 Å². The molecule has 0 bridgehead atoms. The molecule has 1 atom stereocenters. The number of rotatable bonds is 2. The standard InChI is InChI=1S/C14H15ClN4OS/c1-3-13(20)19-12(10-4-6-11(15)7-5-10)8-21-14-17-16-9(2)18(14)19/h4-7,12H,3,8H2,1-2H3/t12-/m0/s1. The Balaban J connectivity index is 2.06. The summed E-state index contributed by atoms with van der Waals surface area (Å²) >= 11 is 7.57. The van der Waals surface area contributed by atoms with Crippen LogP contribution in [0.25, 0.3) is 0 Å². The highest BCUT2D eigenvalue weighted by Crippen LogP contribution is 2.34. The number of amides is 1. The van der Waals surface area contributed by atoms with E-state index in [0.717, 1.165) is 22.3 Å². The van der Waals surface area contributed by atoms with Crippen LogP contribution in [0.1, 0.15) is 30.8 Å². The number of aryl methyl sites for hydroxylation is 1. The summed E-state index contributed by atoms with van der Waals surface area (Å²) in [6, 6.07) is 7.60. The maximum absolute atomic E-state index is 12.4. The molecule has 0 fully saturated rings. The smallest absolute Gasteiger partial charge is 0.241 e. The first-order chi connectivity index (χ1) is 10.1. The largest absolute Gasteiger partial charge is 0.273 e. The van der Waals surface area contributed by atoms with Gasteiger partial charge in [-0.1, -0.05) is 42.4 Å². The topological polar surface area (TPSA) is 51.0 Å². The fraction of sp³-hybridized carbons (Fsp3) is 0.357. The Hall–Kier alpha value is -1.53. The number of halogens is 1. The van der Waals surface area contributed by atoms with Crippen LogP contribution in [0, 0.1) is 6.92 Å². The van der Waals surface area contributed by atoms with Gasteiger partial charge in [-0.05, 0) is 24.6 Å². The van der Waals surface area contributed by atoms with Gasteiger partial charge in [0.05, 0.1) is 6.04 Å². The number of carbonyl (C=O) groups excluding carboxylic acids is 1. The van der Waals surface area contributed by atoms with Gasteiger partial charge in [0.25, 0.3) is 0 Å². The predicted octanol–water partition coefficient (Wildman–Crippen LogP) is 2.96. The molecule has 1 aliphatic rings. The molecule has 0 aliphatic carbocycles. The molecule has 1 amide bonds. The van der Waals surface area contributed by atoms with Crippen molar-refractivity contribution >= 4 is 29.3 Å².